The highest BCUT2D eigenvalue weighted by molar-refractivity contribution is 5.96. The Hall–Kier alpha value is -1.99. The molecule has 2 atom stereocenters. The number of rotatable bonds is 6. The number of nitrogens with one attached hydrogen (secondary N) is 1. The number of amides is 1. The highest BCUT2D eigenvalue weighted by Crippen LogP contribution is 2.12. The predicted octanol–water partition coefficient (Wildman–Crippen LogP) is 1.45. The summed E-state index contributed by atoms with van der Waals surface area (Å²) in [7, 11) is 0. The summed E-state index contributed by atoms with van der Waals surface area (Å²) < 4.78 is 24.5. The number of carbonyl (C=O) groups is 2. The first-order chi connectivity index (χ1) is 10.5. The summed E-state index contributed by atoms with van der Waals surface area (Å²) in [6.45, 7) is 3.27. The number of benzene rings is 1. The zero-order chi connectivity index (χ0) is 16.1. The van der Waals surface area contributed by atoms with E-state index in [0.717, 1.165) is 18.6 Å². The Morgan fingerprint density at radius 1 is 1.55 bits per heavy atom. The van der Waals surface area contributed by atoms with E-state index in [4.69, 9.17) is 14.6 Å². The first-order valence-corrected chi connectivity index (χ1v) is 7.00. The predicted molar refractivity (Wildman–Crippen MR) is 75.5 cm³/mol. The normalized spacial score (nSPS) is 18.9. The van der Waals surface area contributed by atoms with Gasteiger partial charge < -0.3 is 19.9 Å². The zero-order valence-corrected chi connectivity index (χ0v) is 12.2. The van der Waals surface area contributed by atoms with Gasteiger partial charge in [0.05, 0.1) is 30.4 Å². The molecule has 1 amide bonds. The molecule has 1 aliphatic heterocycles. The van der Waals surface area contributed by atoms with Crippen LogP contribution in [-0.2, 0) is 9.47 Å². The van der Waals surface area contributed by atoms with Crippen LogP contribution in [-0.4, -0.2) is 48.9 Å². The molecule has 22 heavy (non-hydrogen) atoms. The van der Waals surface area contributed by atoms with Crippen molar-refractivity contribution in [2.75, 3.05) is 19.8 Å². The molecule has 1 heterocycles. The standard InChI is InChI=1S/C15H18FNO5/c1-9(7-22-11-4-5-21-8-11)17-14(18)12-3-2-10(15(19)20)6-13(12)16/h2-3,6,9,11H,4-5,7-8H2,1H3,(H,17,18)(H,19,20). The van der Waals surface area contributed by atoms with E-state index in [1.54, 1.807) is 6.92 Å². The van der Waals surface area contributed by atoms with E-state index in [-0.39, 0.29) is 23.3 Å². The summed E-state index contributed by atoms with van der Waals surface area (Å²) in [5.74, 6) is -2.71. The fourth-order valence-corrected chi connectivity index (χ4v) is 2.10. The number of hydrogen-bond acceptors (Lipinski definition) is 4. The van der Waals surface area contributed by atoms with E-state index < -0.39 is 17.7 Å². The van der Waals surface area contributed by atoms with Gasteiger partial charge in [0.2, 0.25) is 0 Å². The quantitative estimate of drug-likeness (QED) is 0.830. The lowest BCUT2D eigenvalue weighted by Crippen LogP contribution is -2.37. The van der Waals surface area contributed by atoms with Crippen molar-refractivity contribution in [3.8, 4) is 0 Å². The van der Waals surface area contributed by atoms with Gasteiger partial charge in [0, 0.05) is 12.6 Å². The van der Waals surface area contributed by atoms with Crippen LogP contribution >= 0.6 is 0 Å². The number of carbonyl (C=O) groups excluding carboxylic acids is 1. The molecule has 0 spiro atoms. The van der Waals surface area contributed by atoms with Gasteiger partial charge in [0.25, 0.3) is 5.91 Å². The monoisotopic (exact) mass is 311 g/mol. The molecule has 1 aromatic rings. The Kier molecular flexibility index (Phi) is 5.46. The van der Waals surface area contributed by atoms with E-state index in [0.29, 0.717) is 19.8 Å². The molecule has 2 unspecified atom stereocenters. The number of aromatic carboxylic acids is 1. The Balaban J connectivity index is 1.89. The van der Waals surface area contributed by atoms with E-state index in [1.807, 2.05) is 0 Å². The van der Waals surface area contributed by atoms with Gasteiger partial charge in [0.15, 0.2) is 0 Å². The van der Waals surface area contributed by atoms with Gasteiger partial charge in [-0.25, -0.2) is 9.18 Å². The maximum atomic E-state index is 13.8. The minimum absolute atomic E-state index is 0.0333. The van der Waals surface area contributed by atoms with Gasteiger partial charge in [-0.15, -0.1) is 0 Å². The van der Waals surface area contributed by atoms with Crippen molar-refractivity contribution in [3.05, 3.63) is 35.1 Å². The average Bonchev–Trinajstić information content (AvgIpc) is 2.98. The lowest BCUT2D eigenvalue weighted by Gasteiger charge is -2.17. The largest absolute Gasteiger partial charge is 0.478 e. The van der Waals surface area contributed by atoms with Crippen LogP contribution in [0, 0.1) is 5.82 Å². The third-order valence-corrected chi connectivity index (χ3v) is 3.31. The third kappa shape index (κ3) is 4.25. The summed E-state index contributed by atoms with van der Waals surface area (Å²) in [4.78, 5) is 22.7. The Morgan fingerprint density at radius 2 is 2.32 bits per heavy atom. The van der Waals surface area contributed by atoms with Crippen molar-refractivity contribution in [2.45, 2.75) is 25.5 Å². The molecule has 120 valence electrons. The molecular weight excluding hydrogens is 293 g/mol. The number of carboxylic acid groups (broad SMARTS) is 1. The Labute approximate surface area is 127 Å². The van der Waals surface area contributed by atoms with Crippen LogP contribution in [0.1, 0.15) is 34.1 Å². The third-order valence-electron chi connectivity index (χ3n) is 3.31. The summed E-state index contributed by atoms with van der Waals surface area (Å²) in [6, 6.07) is 2.88. The van der Waals surface area contributed by atoms with Crippen molar-refractivity contribution in [2.24, 2.45) is 0 Å². The molecule has 2 N–H and O–H groups in total. The van der Waals surface area contributed by atoms with Crippen LogP contribution in [0.2, 0.25) is 0 Å². The average molecular weight is 311 g/mol. The van der Waals surface area contributed by atoms with E-state index in [9.17, 15) is 14.0 Å². The summed E-state index contributed by atoms with van der Waals surface area (Å²) >= 11 is 0. The first kappa shape index (κ1) is 16.4. The molecule has 0 radical (unpaired) electrons. The summed E-state index contributed by atoms with van der Waals surface area (Å²) in [6.07, 6.45) is 0.859. The number of halogens is 1. The fraction of sp³-hybridized carbons (Fsp3) is 0.467. The van der Waals surface area contributed by atoms with E-state index in [2.05, 4.69) is 5.32 Å². The zero-order valence-electron chi connectivity index (χ0n) is 12.2. The van der Waals surface area contributed by atoms with Gasteiger partial charge in [-0.2, -0.15) is 0 Å². The van der Waals surface area contributed by atoms with Gasteiger partial charge >= 0.3 is 5.97 Å². The number of carboxylic acids is 1. The van der Waals surface area contributed by atoms with Gasteiger partial charge in [-0.3, -0.25) is 4.79 Å². The lowest BCUT2D eigenvalue weighted by atomic mass is 10.1. The molecule has 7 heteroatoms. The Bertz CT molecular complexity index is 557. The van der Waals surface area contributed by atoms with Gasteiger partial charge in [0.1, 0.15) is 5.82 Å². The molecule has 1 aromatic carbocycles. The second-order valence-corrected chi connectivity index (χ2v) is 5.19. The van der Waals surface area contributed by atoms with Crippen LogP contribution in [0.3, 0.4) is 0 Å². The van der Waals surface area contributed by atoms with Gasteiger partial charge in [-0.1, -0.05) is 0 Å². The van der Waals surface area contributed by atoms with Crippen LogP contribution in [0.4, 0.5) is 4.39 Å². The van der Waals surface area contributed by atoms with Crippen LogP contribution in [0.15, 0.2) is 18.2 Å². The molecule has 6 nitrogen and oxygen atoms in total. The lowest BCUT2D eigenvalue weighted by molar-refractivity contribution is 0.0318. The fourth-order valence-electron chi connectivity index (χ4n) is 2.10. The van der Waals surface area contributed by atoms with Crippen molar-refractivity contribution in [3.63, 3.8) is 0 Å². The van der Waals surface area contributed by atoms with Gasteiger partial charge in [-0.05, 0) is 31.5 Å². The topological polar surface area (TPSA) is 84.9 Å². The molecule has 0 aliphatic carbocycles. The maximum Gasteiger partial charge on any atom is 0.335 e. The minimum Gasteiger partial charge on any atom is -0.478 e. The Morgan fingerprint density at radius 3 is 2.91 bits per heavy atom. The number of hydrogen-bond donors (Lipinski definition) is 2. The molecule has 1 aliphatic rings. The van der Waals surface area contributed by atoms with E-state index >= 15 is 0 Å². The molecule has 0 bridgehead atoms. The highest BCUT2D eigenvalue weighted by Gasteiger charge is 2.19. The first-order valence-electron chi connectivity index (χ1n) is 7.00. The van der Waals surface area contributed by atoms with E-state index in [1.165, 1.54) is 6.07 Å². The second-order valence-electron chi connectivity index (χ2n) is 5.19. The molecule has 0 saturated carbocycles. The maximum absolute atomic E-state index is 13.8. The van der Waals surface area contributed by atoms with Crippen molar-refractivity contribution < 1.29 is 28.6 Å². The smallest absolute Gasteiger partial charge is 0.335 e. The van der Waals surface area contributed by atoms with Crippen LogP contribution in [0.25, 0.3) is 0 Å². The van der Waals surface area contributed by atoms with Crippen molar-refractivity contribution in [1.82, 2.24) is 5.32 Å². The molecular formula is C15H18FNO5. The summed E-state index contributed by atoms with van der Waals surface area (Å²) in [5.41, 5.74) is -0.396. The molecule has 1 fully saturated rings. The number of ether oxygens (including phenoxy) is 2. The highest BCUT2D eigenvalue weighted by atomic mass is 19.1. The minimum atomic E-state index is -1.24. The second kappa shape index (κ2) is 7.33. The SMILES string of the molecule is CC(COC1CCOC1)NC(=O)c1ccc(C(=O)O)cc1F. The molecule has 1 saturated heterocycles. The van der Waals surface area contributed by atoms with Crippen molar-refractivity contribution in [1.29, 1.82) is 0 Å². The van der Waals surface area contributed by atoms with Crippen molar-refractivity contribution >= 4 is 11.9 Å². The summed E-state index contributed by atoms with van der Waals surface area (Å²) in [5, 5.41) is 11.4. The van der Waals surface area contributed by atoms with Crippen LogP contribution < -0.4 is 5.32 Å². The van der Waals surface area contributed by atoms with Crippen LogP contribution in [0.5, 0.6) is 0 Å². The molecule has 2 rings (SSSR count). The molecule has 0 aromatic heterocycles.